The number of alkyl halides is 3. The number of carbonyl (C=O) groups is 2. The summed E-state index contributed by atoms with van der Waals surface area (Å²) < 4.78 is 50.4. The van der Waals surface area contributed by atoms with Gasteiger partial charge in [0.15, 0.2) is 0 Å². The molecule has 0 unspecified atom stereocenters. The van der Waals surface area contributed by atoms with Crippen LogP contribution in [-0.2, 0) is 15.7 Å². The molecule has 1 rings (SSSR count). The second kappa shape index (κ2) is 9.68. The van der Waals surface area contributed by atoms with E-state index in [1.54, 1.807) is 27.7 Å². The number of hydrogen-bond acceptors (Lipinski definition) is 4. The molecule has 1 radical (unpaired) electrons. The number of ether oxygens (including phenoxy) is 2. The van der Waals surface area contributed by atoms with Crippen LogP contribution in [0.5, 0.6) is 5.75 Å². The van der Waals surface area contributed by atoms with Gasteiger partial charge in [-0.3, -0.25) is 0 Å². The molecule has 0 bridgehead atoms. The van der Waals surface area contributed by atoms with Crippen molar-refractivity contribution in [1.29, 1.82) is 0 Å². The van der Waals surface area contributed by atoms with E-state index in [1.165, 1.54) is 19.1 Å². The summed E-state index contributed by atoms with van der Waals surface area (Å²) in [4.78, 5) is 22.8. The van der Waals surface area contributed by atoms with E-state index in [-0.39, 0.29) is 24.2 Å². The van der Waals surface area contributed by atoms with E-state index in [0.717, 1.165) is 6.07 Å². The van der Waals surface area contributed by atoms with E-state index >= 15 is 0 Å². The maximum absolute atomic E-state index is 13.5. The van der Waals surface area contributed by atoms with Gasteiger partial charge in [0.2, 0.25) is 0 Å². The number of carbonyl (C=O) groups excluding carboxylic acids is 1. The molecule has 5 nitrogen and oxygen atoms in total. The molecule has 0 aliphatic heterocycles. The van der Waals surface area contributed by atoms with Gasteiger partial charge in [0, 0.05) is 0 Å². The van der Waals surface area contributed by atoms with Crippen molar-refractivity contribution in [2.24, 2.45) is 0 Å². The molecule has 1 aromatic rings. The number of carboxylic acid groups (broad SMARTS) is 1. The third kappa shape index (κ3) is 8.13. The maximum atomic E-state index is 13.5. The quantitative estimate of drug-likeness (QED) is 0.545. The van der Waals surface area contributed by atoms with Gasteiger partial charge in [-0.25, -0.2) is 0 Å². The average molecular weight is 465 g/mol. The summed E-state index contributed by atoms with van der Waals surface area (Å²) in [5.41, 5.74) is -1.35. The normalized spacial score (nSPS) is 14.7. The number of aliphatic carboxylic acids is 1. The molecule has 2 atom stereocenters. The first-order chi connectivity index (χ1) is 12.7. The summed E-state index contributed by atoms with van der Waals surface area (Å²) in [7, 11) is 0. The first-order valence-corrected chi connectivity index (χ1v) is 10.7. The molecule has 0 amide bonds. The van der Waals surface area contributed by atoms with Crippen molar-refractivity contribution in [3.63, 3.8) is 0 Å². The van der Waals surface area contributed by atoms with Gasteiger partial charge in [-0.1, -0.05) is 0 Å². The van der Waals surface area contributed by atoms with Gasteiger partial charge in [-0.15, -0.1) is 0 Å². The van der Waals surface area contributed by atoms with Crippen LogP contribution < -0.4 is 4.74 Å². The molecule has 1 aromatic carbocycles. The van der Waals surface area contributed by atoms with E-state index in [0.29, 0.717) is 0 Å². The molecule has 0 aliphatic carbocycles. The zero-order valence-corrected chi connectivity index (χ0v) is 18.3. The first kappa shape index (κ1) is 24.3. The van der Waals surface area contributed by atoms with Gasteiger partial charge in [0.1, 0.15) is 0 Å². The molecule has 0 aromatic heterocycles. The summed E-state index contributed by atoms with van der Waals surface area (Å²) >= 11 is -1.09. The standard InChI is InChI=1S/C19H25AsF3O5/c1-11(9-10-15(24)25)27-16-13(7-6-8-14(16)19(21,22)23)12(2)20-17(26)28-18(3,4)5/h6-8,11-12H,9-10H2,1-5H3,(H,24,25)/t11-,12+/m0/s1. The molecule has 0 saturated heterocycles. The Morgan fingerprint density at radius 2 is 1.79 bits per heavy atom. The summed E-state index contributed by atoms with van der Waals surface area (Å²) in [6, 6.07) is 3.69. The van der Waals surface area contributed by atoms with Crippen LogP contribution in [0.3, 0.4) is 0 Å². The molecular weight excluding hydrogens is 440 g/mol. The number of benzene rings is 1. The predicted molar refractivity (Wildman–Crippen MR) is 98.8 cm³/mol. The average Bonchev–Trinajstić information content (AvgIpc) is 2.49. The van der Waals surface area contributed by atoms with Crippen LogP contribution in [0.4, 0.5) is 18.0 Å². The molecule has 0 heterocycles. The van der Waals surface area contributed by atoms with Crippen LogP contribution in [0.2, 0.25) is 0 Å². The SMILES string of the molecule is C[C@@H](CCC(=O)O)Oc1c([C@@H](C)[As]C(=O)OC(C)(C)C)cccc1C(F)(F)F. The van der Waals surface area contributed by atoms with Crippen molar-refractivity contribution in [2.45, 2.75) is 70.0 Å². The minimum absolute atomic E-state index is 0.0646. The summed E-state index contributed by atoms with van der Waals surface area (Å²) in [6.45, 7) is 8.35. The van der Waals surface area contributed by atoms with Crippen LogP contribution in [0.25, 0.3) is 0 Å². The monoisotopic (exact) mass is 465 g/mol. The molecule has 157 valence electrons. The fraction of sp³-hybridized carbons (Fsp3) is 0.579. The van der Waals surface area contributed by atoms with Crippen molar-refractivity contribution in [3.8, 4) is 5.75 Å². The third-order valence-corrected chi connectivity index (χ3v) is 5.61. The second-order valence-corrected chi connectivity index (χ2v) is 10.3. The predicted octanol–water partition coefficient (Wildman–Crippen LogP) is 5.04. The first-order valence-electron chi connectivity index (χ1n) is 8.73. The molecule has 0 fully saturated rings. The fourth-order valence-electron chi connectivity index (χ4n) is 2.34. The Labute approximate surface area is 169 Å². The Kier molecular flexibility index (Phi) is 8.42. The molecule has 9 heteroatoms. The van der Waals surface area contributed by atoms with E-state index < -0.39 is 54.6 Å². The Hall–Kier alpha value is -1.69. The summed E-state index contributed by atoms with van der Waals surface area (Å²) in [5.74, 6) is -1.40. The number of halogens is 3. The van der Waals surface area contributed by atoms with E-state index in [9.17, 15) is 22.8 Å². The molecule has 0 saturated carbocycles. The second-order valence-electron chi connectivity index (χ2n) is 7.37. The van der Waals surface area contributed by atoms with Crippen molar-refractivity contribution >= 4 is 26.5 Å². The Morgan fingerprint density at radius 1 is 1.18 bits per heavy atom. The molecule has 0 aliphatic rings. The van der Waals surface area contributed by atoms with Crippen molar-refractivity contribution in [2.75, 3.05) is 0 Å². The number of para-hydroxylation sites is 1. The summed E-state index contributed by atoms with van der Waals surface area (Å²) in [5, 5.41) is 8.76. The van der Waals surface area contributed by atoms with Gasteiger partial charge in [0.05, 0.1) is 0 Å². The number of rotatable bonds is 8. The van der Waals surface area contributed by atoms with Gasteiger partial charge in [-0.2, -0.15) is 0 Å². The summed E-state index contributed by atoms with van der Waals surface area (Å²) in [6.07, 6.45) is -5.53. The van der Waals surface area contributed by atoms with E-state index in [4.69, 9.17) is 14.6 Å². The van der Waals surface area contributed by atoms with Gasteiger partial charge < -0.3 is 0 Å². The third-order valence-electron chi connectivity index (χ3n) is 3.58. The Balaban J connectivity index is 3.16. The van der Waals surface area contributed by atoms with Gasteiger partial charge in [-0.05, 0) is 0 Å². The Bertz CT molecular complexity index is 698. The van der Waals surface area contributed by atoms with Crippen LogP contribution in [0.1, 0.15) is 63.3 Å². The van der Waals surface area contributed by atoms with Gasteiger partial charge >= 0.3 is 169 Å². The number of hydrogen-bond donors (Lipinski definition) is 1. The van der Waals surface area contributed by atoms with Crippen LogP contribution >= 0.6 is 0 Å². The van der Waals surface area contributed by atoms with Crippen molar-refractivity contribution in [1.82, 2.24) is 0 Å². The molecule has 28 heavy (non-hydrogen) atoms. The van der Waals surface area contributed by atoms with E-state index in [1.807, 2.05) is 0 Å². The van der Waals surface area contributed by atoms with Crippen LogP contribution in [-0.4, -0.2) is 43.3 Å². The minimum atomic E-state index is -4.64. The zero-order valence-electron chi connectivity index (χ0n) is 16.5. The van der Waals surface area contributed by atoms with Gasteiger partial charge in [0.25, 0.3) is 0 Å². The molecular formula is C19H25AsF3O5. The molecule has 1 N–H and O–H groups in total. The molecule has 0 spiro atoms. The van der Waals surface area contributed by atoms with Crippen molar-refractivity contribution in [3.05, 3.63) is 29.3 Å². The fourth-order valence-corrected chi connectivity index (χ4v) is 4.41. The van der Waals surface area contributed by atoms with Crippen molar-refractivity contribution < 1.29 is 37.3 Å². The zero-order chi connectivity index (χ0) is 21.7. The number of carboxylic acids is 1. The van der Waals surface area contributed by atoms with E-state index in [2.05, 4.69) is 0 Å². The topological polar surface area (TPSA) is 72.8 Å². The van der Waals surface area contributed by atoms with Crippen LogP contribution in [0, 0.1) is 0 Å². The van der Waals surface area contributed by atoms with Crippen LogP contribution in [0.15, 0.2) is 18.2 Å². The Morgan fingerprint density at radius 3 is 2.29 bits per heavy atom.